The van der Waals surface area contributed by atoms with Crippen molar-refractivity contribution in [3.63, 3.8) is 0 Å². The number of aliphatic hydroxyl groups excluding tert-OH is 2. The fraction of sp³-hybridized carbons (Fsp3) is 1.00. The summed E-state index contributed by atoms with van der Waals surface area (Å²) in [6, 6.07) is 0. The number of hydrogen-bond acceptors (Lipinski definition) is 4. The molecule has 0 radical (unpaired) electrons. The van der Waals surface area contributed by atoms with Crippen LogP contribution in [0.25, 0.3) is 0 Å². The topological polar surface area (TPSA) is 58.9 Å². The van der Waals surface area contributed by atoms with Crippen molar-refractivity contribution in [2.75, 3.05) is 19.8 Å². The summed E-state index contributed by atoms with van der Waals surface area (Å²) in [6.45, 7) is 3.14. The van der Waals surface area contributed by atoms with Gasteiger partial charge in [-0.25, -0.2) is 0 Å². The zero-order valence-electron chi connectivity index (χ0n) is 7.98. The molecule has 0 bridgehead atoms. The third-order valence-electron chi connectivity index (χ3n) is 2.37. The lowest BCUT2D eigenvalue weighted by molar-refractivity contribution is -0.122. The van der Waals surface area contributed by atoms with Gasteiger partial charge in [0.05, 0.1) is 19.3 Å². The summed E-state index contributed by atoms with van der Waals surface area (Å²) in [4.78, 5) is 0. The maximum atomic E-state index is 9.64. The maximum absolute atomic E-state index is 9.64. The van der Waals surface area contributed by atoms with Crippen molar-refractivity contribution in [1.29, 1.82) is 0 Å². The Balaban J connectivity index is 2.44. The second-order valence-corrected chi connectivity index (χ2v) is 3.26. The summed E-state index contributed by atoms with van der Waals surface area (Å²) < 4.78 is 10.6. The second kappa shape index (κ2) is 5.54. The molecule has 4 nitrogen and oxygen atoms in total. The largest absolute Gasteiger partial charge is 0.396 e. The lowest BCUT2D eigenvalue weighted by Gasteiger charge is -2.25. The van der Waals surface area contributed by atoms with Crippen molar-refractivity contribution in [3.05, 3.63) is 0 Å². The second-order valence-electron chi connectivity index (χ2n) is 3.26. The predicted molar refractivity (Wildman–Crippen MR) is 47.2 cm³/mol. The molecular weight excluding hydrogens is 172 g/mol. The van der Waals surface area contributed by atoms with Crippen LogP contribution in [0.15, 0.2) is 0 Å². The van der Waals surface area contributed by atoms with E-state index in [9.17, 15) is 5.11 Å². The van der Waals surface area contributed by atoms with Gasteiger partial charge in [-0.05, 0) is 12.8 Å². The maximum Gasteiger partial charge on any atom is 0.163 e. The molecule has 0 aromatic carbocycles. The van der Waals surface area contributed by atoms with E-state index in [-0.39, 0.29) is 18.8 Å². The highest BCUT2D eigenvalue weighted by molar-refractivity contribution is 4.73. The molecule has 0 amide bonds. The minimum Gasteiger partial charge on any atom is -0.396 e. The molecule has 1 aliphatic heterocycles. The minimum absolute atomic E-state index is 0.0605. The molecule has 2 atom stereocenters. The highest BCUT2D eigenvalue weighted by Crippen LogP contribution is 2.22. The van der Waals surface area contributed by atoms with E-state index >= 15 is 0 Å². The molecule has 0 aliphatic carbocycles. The number of aliphatic hydroxyl groups is 2. The Morgan fingerprint density at radius 2 is 2.00 bits per heavy atom. The van der Waals surface area contributed by atoms with Gasteiger partial charge < -0.3 is 19.7 Å². The quantitative estimate of drug-likeness (QED) is 0.647. The van der Waals surface area contributed by atoms with Gasteiger partial charge in [0.1, 0.15) is 0 Å². The third kappa shape index (κ3) is 2.91. The van der Waals surface area contributed by atoms with Crippen LogP contribution < -0.4 is 0 Å². The Morgan fingerprint density at radius 1 is 1.38 bits per heavy atom. The van der Waals surface area contributed by atoms with E-state index in [4.69, 9.17) is 14.6 Å². The molecule has 1 heterocycles. The van der Waals surface area contributed by atoms with E-state index in [1.807, 2.05) is 6.92 Å². The van der Waals surface area contributed by atoms with Crippen LogP contribution in [-0.2, 0) is 9.47 Å². The molecule has 1 aliphatic rings. The van der Waals surface area contributed by atoms with E-state index < -0.39 is 6.10 Å². The van der Waals surface area contributed by atoms with Gasteiger partial charge in [0.2, 0.25) is 0 Å². The fourth-order valence-corrected chi connectivity index (χ4v) is 1.59. The van der Waals surface area contributed by atoms with E-state index in [2.05, 4.69) is 0 Å². The number of ether oxygens (including phenoxy) is 2. The Kier molecular flexibility index (Phi) is 4.66. The predicted octanol–water partition coefficient (Wildman–Crippen LogP) is 0.129. The molecular formula is C9H18O4. The van der Waals surface area contributed by atoms with Gasteiger partial charge in [-0.1, -0.05) is 6.92 Å². The average molecular weight is 190 g/mol. The van der Waals surface area contributed by atoms with Gasteiger partial charge in [0.15, 0.2) is 6.29 Å². The molecule has 78 valence electrons. The van der Waals surface area contributed by atoms with Gasteiger partial charge in [-0.15, -0.1) is 0 Å². The molecule has 1 fully saturated rings. The first-order valence-electron chi connectivity index (χ1n) is 4.81. The summed E-state index contributed by atoms with van der Waals surface area (Å²) in [6.07, 6.45) is 0.408. The summed E-state index contributed by atoms with van der Waals surface area (Å²) in [5.41, 5.74) is 0. The van der Waals surface area contributed by atoms with Crippen LogP contribution in [0.1, 0.15) is 19.8 Å². The van der Waals surface area contributed by atoms with E-state index in [1.165, 1.54) is 0 Å². The smallest absolute Gasteiger partial charge is 0.163 e. The number of hydrogen-bond donors (Lipinski definition) is 2. The molecule has 1 rings (SSSR count). The molecule has 0 saturated carbocycles. The zero-order valence-corrected chi connectivity index (χ0v) is 7.98. The normalized spacial score (nSPS) is 23.3. The van der Waals surface area contributed by atoms with Gasteiger partial charge in [-0.2, -0.15) is 0 Å². The molecule has 0 spiro atoms. The van der Waals surface area contributed by atoms with E-state index in [0.717, 1.165) is 0 Å². The van der Waals surface area contributed by atoms with Crippen LogP contribution in [0.3, 0.4) is 0 Å². The SMILES string of the molecule is CCC(O)C(CCO)C1OCCO1. The van der Waals surface area contributed by atoms with Crippen molar-refractivity contribution >= 4 is 0 Å². The Hall–Kier alpha value is -0.160. The molecule has 13 heavy (non-hydrogen) atoms. The summed E-state index contributed by atoms with van der Waals surface area (Å²) >= 11 is 0. The van der Waals surface area contributed by atoms with Crippen LogP contribution >= 0.6 is 0 Å². The van der Waals surface area contributed by atoms with Gasteiger partial charge in [-0.3, -0.25) is 0 Å². The minimum atomic E-state index is -0.449. The number of rotatable bonds is 5. The van der Waals surface area contributed by atoms with Crippen molar-refractivity contribution in [2.45, 2.75) is 32.2 Å². The molecule has 4 heteroatoms. The van der Waals surface area contributed by atoms with Gasteiger partial charge in [0.25, 0.3) is 0 Å². The molecule has 2 unspecified atom stereocenters. The Labute approximate surface area is 78.5 Å². The lowest BCUT2D eigenvalue weighted by atomic mass is 9.96. The Bertz CT molecular complexity index is 134. The molecule has 0 aromatic rings. The zero-order chi connectivity index (χ0) is 9.68. The standard InChI is InChI=1S/C9H18O4/c1-2-8(11)7(3-4-10)9-12-5-6-13-9/h7-11H,2-6H2,1H3. The van der Waals surface area contributed by atoms with Crippen molar-refractivity contribution < 1.29 is 19.7 Å². The Morgan fingerprint density at radius 3 is 2.46 bits per heavy atom. The first-order valence-corrected chi connectivity index (χ1v) is 4.81. The van der Waals surface area contributed by atoms with Crippen LogP contribution in [0.2, 0.25) is 0 Å². The van der Waals surface area contributed by atoms with Crippen LogP contribution in [0, 0.1) is 5.92 Å². The van der Waals surface area contributed by atoms with Crippen molar-refractivity contribution in [3.8, 4) is 0 Å². The average Bonchev–Trinajstić information content (AvgIpc) is 2.65. The lowest BCUT2D eigenvalue weighted by Crippen LogP contribution is -2.33. The monoisotopic (exact) mass is 190 g/mol. The highest BCUT2D eigenvalue weighted by Gasteiger charge is 2.31. The van der Waals surface area contributed by atoms with E-state index in [1.54, 1.807) is 0 Å². The third-order valence-corrected chi connectivity index (χ3v) is 2.37. The van der Waals surface area contributed by atoms with Crippen LogP contribution in [-0.4, -0.2) is 42.4 Å². The van der Waals surface area contributed by atoms with Crippen molar-refractivity contribution in [1.82, 2.24) is 0 Å². The molecule has 1 saturated heterocycles. The van der Waals surface area contributed by atoms with Crippen LogP contribution in [0.4, 0.5) is 0 Å². The molecule has 0 aromatic heterocycles. The van der Waals surface area contributed by atoms with Gasteiger partial charge >= 0.3 is 0 Å². The van der Waals surface area contributed by atoms with Crippen molar-refractivity contribution in [2.24, 2.45) is 5.92 Å². The molecule has 2 N–H and O–H groups in total. The summed E-state index contributed by atoms with van der Waals surface area (Å²) in [5, 5.41) is 18.5. The summed E-state index contributed by atoms with van der Waals surface area (Å²) in [7, 11) is 0. The summed E-state index contributed by atoms with van der Waals surface area (Å²) in [5.74, 6) is -0.0995. The first-order chi connectivity index (χ1) is 6.29. The highest BCUT2D eigenvalue weighted by atomic mass is 16.7. The van der Waals surface area contributed by atoms with Gasteiger partial charge in [0, 0.05) is 12.5 Å². The van der Waals surface area contributed by atoms with Crippen LogP contribution in [0.5, 0.6) is 0 Å². The fourth-order valence-electron chi connectivity index (χ4n) is 1.59. The first kappa shape index (κ1) is 10.9. The van der Waals surface area contributed by atoms with E-state index in [0.29, 0.717) is 26.1 Å².